The Morgan fingerprint density at radius 2 is 1.86 bits per heavy atom. The molecule has 0 aromatic rings. The molecule has 0 spiro atoms. The van der Waals surface area contributed by atoms with Crippen molar-refractivity contribution >= 4 is 17.5 Å². The average molecular weight is 391 g/mol. The van der Waals surface area contributed by atoms with Gasteiger partial charge in [-0.25, -0.2) is 0 Å². The molecule has 0 aromatic heterocycles. The van der Waals surface area contributed by atoms with E-state index in [0.717, 1.165) is 38.5 Å². The largest absolute Gasteiger partial charge is 0.463 e. The Morgan fingerprint density at radius 3 is 2.46 bits per heavy atom. The minimum atomic E-state index is -0.296. The molecule has 3 aliphatic rings. The first-order valence-electron chi connectivity index (χ1n) is 11.4. The Hall–Kier alpha value is -1.19. The maximum absolute atomic E-state index is 13.1. The summed E-state index contributed by atoms with van der Waals surface area (Å²) in [4.78, 5) is 36.3. The number of Topliss-reactive ketones (excluding diaryl/α,β-unsaturated/α-hetero) is 2. The van der Waals surface area contributed by atoms with Gasteiger partial charge in [-0.2, -0.15) is 0 Å². The lowest BCUT2D eigenvalue weighted by molar-refractivity contribution is -0.157. The molecule has 158 valence electrons. The molecule has 3 rings (SSSR count). The zero-order valence-electron chi connectivity index (χ0n) is 18.4. The monoisotopic (exact) mass is 390 g/mol. The van der Waals surface area contributed by atoms with E-state index in [1.807, 2.05) is 0 Å². The van der Waals surface area contributed by atoms with E-state index in [0.29, 0.717) is 42.3 Å². The summed E-state index contributed by atoms with van der Waals surface area (Å²) in [6, 6.07) is 0. The third-order valence-electron chi connectivity index (χ3n) is 8.95. The summed E-state index contributed by atoms with van der Waals surface area (Å²) in [5, 5.41) is 0. The number of carbonyl (C=O) groups excluding carboxylic acids is 3. The number of fused-ring (bicyclic) bond motifs is 3. The van der Waals surface area contributed by atoms with Gasteiger partial charge >= 0.3 is 5.97 Å². The summed E-state index contributed by atoms with van der Waals surface area (Å²) in [5.74, 6) is 2.41. The van der Waals surface area contributed by atoms with E-state index in [1.54, 1.807) is 6.92 Å². The Labute approximate surface area is 170 Å². The first-order chi connectivity index (χ1) is 13.2. The van der Waals surface area contributed by atoms with Crippen LogP contribution in [-0.2, 0) is 19.1 Å². The highest BCUT2D eigenvalue weighted by Gasteiger charge is 2.61. The summed E-state index contributed by atoms with van der Waals surface area (Å²) < 4.78 is 5.60. The van der Waals surface area contributed by atoms with E-state index < -0.39 is 0 Å². The highest BCUT2D eigenvalue weighted by molar-refractivity contribution is 5.87. The minimum Gasteiger partial charge on any atom is -0.463 e. The Bertz CT molecular complexity index is 641. The maximum atomic E-state index is 13.1. The average Bonchev–Trinajstić information content (AvgIpc) is 2.98. The summed E-state index contributed by atoms with van der Waals surface area (Å²) in [5.41, 5.74) is -0.105. The molecule has 0 aliphatic heterocycles. The molecule has 3 fully saturated rings. The molecule has 0 aromatic carbocycles. The van der Waals surface area contributed by atoms with Crippen LogP contribution in [0.5, 0.6) is 0 Å². The lowest BCUT2D eigenvalue weighted by Crippen LogP contribution is -2.54. The summed E-state index contributed by atoms with van der Waals surface area (Å²) in [7, 11) is 0. The van der Waals surface area contributed by atoms with Crippen molar-refractivity contribution in [1.82, 2.24) is 0 Å². The van der Waals surface area contributed by atoms with E-state index in [4.69, 9.17) is 4.74 Å². The fourth-order valence-corrected chi connectivity index (χ4v) is 7.65. The van der Waals surface area contributed by atoms with E-state index >= 15 is 0 Å². The Morgan fingerprint density at radius 1 is 1.14 bits per heavy atom. The first kappa shape index (κ1) is 21.5. The van der Waals surface area contributed by atoms with Gasteiger partial charge in [-0.15, -0.1) is 0 Å². The highest BCUT2D eigenvalue weighted by Crippen LogP contribution is 2.65. The number of carbonyl (C=O) groups is 3. The summed E-state index contributed by atoms with van der Waals surface area (Å²) in [6.45, 7) is 9.75. The number of hydrogen-bond donors (Lipinski definition) is 0. The number of esters is 1. The fourth-order valence-electron chi connectivity index (χ4n) is 7.65. The van der Waals surface area contributed by atoms with Gasteiger partial charge in [0.25, 0.3) is 0 Å². The van der Waals surface area contributed by atoms with Crippen molar-refractivity contribution in [1.29, 1.82) is 0 Å². The zero-order chi connectivity index (χ0) is 20.7. The van der Waals surface area contributed by atoms with Crippen molar-refractivity contribution in [3.05, 3.63) is 0 Å². The third kappa shape index (κ3) is 3.45. The molecule has 3 aliphatic carbocycles. The predicted octanol–water partition coefficient (Wildman–Crippen LogP) is 5.13. The predicted molar refractivity (Wildman–Crippen MR) is 109 cm³/mol. The second-order valence-corrected chi connectivity index (χ2v) is 10.1. The second kappa shape index (κ2) is 7.91. The Balaban J connectivity index is 1.86. The van der Waals surface area contributed by atoms with Crippen LogP contribution in [-0.4, -0.2) is 23.6 Å². The van der Waals surface area contributed by atoms with Gasteiger partial charge < -0.3 is 9.53 Å². The van der Waals surface area contributed by atoms with Gasteiger partial charge in [-0.3, -0.25) is 9.59 Å². The van der Waals surface area contributed by atoms with Gasteiger partial charge in [0.2, 0.25) is 0 Å². The number of rotatable bonds is 6. The van der Waals surface area contributed by atoms with Gasteiger partial charge in [-0.05, 0) is 82.0 Å². The van der Waals surface area contributed by atoms with Gasteiger partial charge in [0, 0.05) is 31.1 Å². The molecular formula is C24H38O4. The SMILES string of the molecule is CC[C@@]1(CCC(C)=O)C(=O)CC[C@H]2C3CC[C@H]([C@H](C)OC(C)=O)[C@@]3(C)CC[C@H]21. The van der Waals surface area contributed by atoms with Gasteiger partial charge in [-0.1, -0.05) is 13.8 Å². The van der Waals surface area contributed by atoms with Crippen molar-refractivity contribution in [3.8, 4) is 0 Å². The molecular weight excluding hydrogens is 352 g/mol. The van der Waals surface area contributed by atoms with Crippen LogP contribution in [0.15, 0.2) is 0 Å². The van der Waals surface area contributed by atoms with Crippen LogP contribution in [0.25, 0.3) is 0 Å². The molecule has 0 saturated heterocycles. The minimum absolute atomic E-state index is 0.0390. The maximum Gasteiger partial charge on any atom is 0.302 e. The van der Waals surface area contributed by atoms with Gasteiger partial charge in [0.15, 0.2) is 0 Å². The second-order valence-electron chi connectivity index (χ2n) is 10.1. The van der Waals surface area contributed by atoms with Crippen LogP contribution in [0.1, 0.15) is 92.4 Å². The van der Waals surface area contributed by atoms with Crippen LogP contribution >= 0.6 is 0 Å². The lowest BCUT2D eigenvalue weighted by atomic mass is 9.47. The molecule has 0 heterocycles. The van der Waals surface area contributed by atoms with Crippen molar-refractivity contribution in [2.75, 3.05) is 0 Å². The van der Waals surface area contributed by atoms with Gasteiger partial charge in [0.05, 0.1) is 0 Å². The number of ether oxygens (including phenoxy) is 1. The molecule has 3 saturated carbocycles. The number of ketones is 2. The van der Waals surface area contributed by atoms with E-state index in [9.17, 15) is 14.4 Å². The lowest BCUT2D eigenvalue weighted by Gasteiger charge is -2.57. The molecule has 4 heteroatoms. The van der Waals surface area contributed by atoms with Crippen LogP contribution in [0.3, 0.4) is 0 Å². The molecule has 1 unspecified atom stereocenters. The standard InChI is InChI=1S/C24H38O4/c1-6-24(14-11-15(2)25)21-12-13-23(5)19(16(3)28-17(4)26)8-9-20(23)18(21)7-10-22(24)27/h16,18-21H,6-14H2,1-5H3/t16-,18-,19+,20?,21+,23+,24-/m0/s1. The Kier molecular flexibility index (Phi) is 6.08. The zero-order valence-corrected chi connectivity index (χ0v) is 18.4. The number of hydrogen-bond acceptors (Lipinski definition) is 4. The summed E-state index contributed by atoms with van der Waals surface area (Å²) in [6.07, 6.45) is 8.20. The summed E-state index contributed by atoms with van der Waals surface area (Å²) >= 11 is 0. The molecule has 28 heavy (non-hydrogen) atoms. The van der Waals surface area contributed by atoms with Crippen molar-refractivity contribution in [3.63, 3.8) is 0 Å². The molecule has 4 nitrogen and oxygen atoms in total. The van der Waals surface area contributed by atoms with E-state index in [1.165, 1.54) is 13.3 Å². The van der Waals surface area contributed by atoms with E-state index in [-0.39, 0.29) is 28.7 Å². The first-order valence-corrected chi connectivity index (χ1v) is 11.4. The van der Waals surface area contributed by atoms with Crippen molar-refractivity contribution in [2.45, 2.75) is 98.5 Å². The molecule has 0 bridgehead atoms. The smallest absolute Gasteiger partial charge is 0.302 e. The molecule has 0 radical (unpaired) electrons. The van der Waals surface area contributed by atoms with Gasteiger partial charge in [0.1, 0.15) is 17.7 Å². The van der Waals surface area contributed by atoms with Crippen LogP contribution in [0, 0.1) is 34.5 Å². The van der Waals surface area contributed by atoms with Crippen LogP contribution < -0.4 is 0 Å². The highest BCUT2D eigenvalue weighted by atomic mass is 16.5. The molecule has 0 N–H and O–H groups in total. The quantitative estimate of drug-likeness (QED) is 0.590. The third-order valence-corrected chi connectivity index (χ3v) is 8.95. The topological polar surface area (TPSA) is 60.4 Å². The molecule has 0 amide bonds. The molecule has 7 atom stereocenters. The normalized spacial score (nSPS) is 41.1. The van der Waals surface area contributed by atoms with Crippen LogP contribution in [0.2, 0.25) is 0 Å². The van der Waals surface area contributed by atoms with Crippen molar-refractivity contribution < 1.29 is 19.1 Å². The van der Waals surface area contributed by atoms with Crippen molar-refractivity contribution in [2.24, 2.45) is 34.5 Å². The van der Waals surface area contributed by atoms with Crippen LogP contribution in [0.4, 0.5) is 0 Å². The fraction of sp³-hybridized carbons (Fsp3) is 0.875. The van der Waals surface area contributed by atoms with E-state index in [2.05, 4.69) is 20.8 Å².